The number of aromatic nitrogens is 2. The number of benzene rings is 2. The molecule has 0 spiro atoms. The molecule has 0 fully saturated rings. The van der Waals surface area contributed by atoms with Crippen LogP contribution in [-0.4, -0.2) is 15.3 Å². The molecule has 0 radical (unpaired) electrons. The molecule has 0 aliphatic heterocycles. The first-order chi connectivity index (χ1) is 9.22. The van der Waals surface area contributed by atoms with Crippen LogP contribution in [0.25, 0.3) is 22.5 Å². The maximum absolute atomic E-state index is 9.48. The van der Waals surface area contributed by atoms with Gasteiger partial charge in [-0.25, -0.2) is 0 Å². The van der Waals surface area contributed by atoms with Gasteiger partial charge in [0, 0.05) is 16.1 Å². The summed E-state index contributed by atoms with van der Waals surface area (Å²) in [7, 11) is 0. The molecule has 3 rings (SSSR count). The number of phenols is 1. The van der Waals surface area contributed by atoms with Crippen LogP contribution in [0.3, 0.4) is 0 Å². The number of halogens is 1. The highest BCUT2D eigenvalue weighted by molar-refractivity contribution is 6.30. The van der Waals surface area contributed by atoms with Gasteiger partial charge in [-0.1, -0.05) is 35.9 Å². The molecule has 0 amide bonds. The fourth-order valence-corrected chi connectivity index (χ4v) is 2.04. The van der Waals surface area contributed by atoms with E-state index in [9.17, 15) is 5.11 Å². The van der Waals surface area contributed by atoms with Crippen molar-refractivity contribution in [1.82, 2.24) is 10.2 Å². The van der Waals surface area contributed by atoms with E-state index in [1.165, 1.54) is 0 Å². The van der Waals surface area contributed by atoms with Gasteiger partial charge < -0.3 is 5.11 Å². The summed E-state index contributed by atoms with van der Waals surface area (Å²) < 4.78 is 0. The normalized spacial score (nSPS) is 10.6. The summed E-state index contributed by atoms with van der Waals surface area (Å²) in [5.41, 5.74) is 3.59. The van der Waals surface area contributed by atoms with Crippen molar-refractivity contribution in [2.45, 2.75) is 0 Å². The van der Waals surface area contributed by atoms with Gasteiger partial charge in [-0.3, -0.25) is 5.10 Å². The zero-order valence-electron chi connectivity index (χ0n) is 9.97. The van der Waals surface area contributed by atoms with Crippen molar-refractivity contribution >= 4 is 11.6 Å². The Morgan fingerprint density at radius 3 is 2.47 bits per heavy atom. The van der Waals surface area contributed by atoms with E-state index in [1.54, 1.807) is 18.2 Å². The number of nitrogens with zero attached hydrogens (tertiary/aromatic N) is 1. The highest BCUT2D eigenvalue weighted by Crippen LogP contribution is 2.26. The fourth-order valence-electron chi connectivity index (χ4n) is 1.91. The predicted molar refractivity (Wildman–Crippen MR) is 76.1 cm³/mol. The molecule has 2 aromatic carbocycles. The Balaban J connectivity index is 1.97. The number of aromatic amines is 1. The lowest BCUT2D eigenvalue weighted by atomic mass is 10.1. The minimum absolute atomic E-state index is 0.236. The van der Waals surface area contributed by atoms with Crippen LogP contribution in [0.1, 0.15) is 0 Å². The van der Waals surface area contributed by atoms with Crippen molar-refractivity contribution in [3.8, 4) is 28.3 Å². The van der Waals surface area contributed by atoms with Crippen molar-refractivity contribution in [3.63, 3.8) is 0 Å². The monoisotopic (exact) mass is 270 g/mol. The summed E-state index contributed by atoms with van der Waals surface area (Å²) in [6.07, 6.45) is 0. The minimum atomic E-state index is 0.236. The molecule has 0 aliphatic carbocycles. The standard InChI is InChI=1S/C15H11ClN2O/c16-12-6-4-10(5-7-12)14-9-15(18-17-14)11-2-1-3-13(19)8-11/h1-9,19H,(H,17,18). The van der Waals surface area contributed by atoms with E-state index < -0.39 is 0 Å². The first-order valence-corrected chi connectivity index (χ1v) is 6.21. The summed E-state index contributed by atoms with van der Waals surface area (Å²) in [6, 6.07) is 16.5. The Kier molecular flexibility index (Phi) is 2.97. The van der Waals surface area contributed by atoms with Crippen molar-refractivity contribution in [2.75, 3.05) is 0 Å². The molecule has 0 aliphatic rings. The average Bonchev–Trinajstić information content (AvgIpc) is 2.89. The number of H-pyrrole nitrogens is 1. The molecule has 0 unspecified atom stereocenters. The predicted octanol–water partition coefficient (Wildman–Crippen LogP) is 4.10. The topological polar surface area (TPSA) is 48.9 Å². The zero-order chi connectivity index (χ0) is 13.2. The van der Waals surface area contributed by atoms with Gasteiger partial charge >= 0.3 is 0 Å². The molecule has 1 aromatic heterocycles. The second-order valence-corrected chi connectivity index (χ2v) is 4.66. The molecule has 94 valence electrons. The van der Waals surface area contributed by atoms with Crippen LogP contribution in [0, 0.1) is 0 Å². The number of hydrogen-bond acceptors (Lipinski definition) is 2. The second kappa shape index (κ2) is 4.78. The molecule has 3 nitrogen and oxygen atoms in total. The number of hydrogen-bond donors (Lipinski definition) is 2. The Morgan fingerprint density at radius 1 is 0.947 bits per heavy atom. The largest absolute Gasteiger partial charge is 0.508 e. The number of phenolic OH excluding ortho intramolecular Hbond substituents is 1. The van der Waals surface area contributed by atoms with Gasteiger partial charge in [0.05, 0.1) is 11.4 Å². The maximum Gasteiger partial charge on any atom is 0.116 e. The summed E-state index contributed by atoms with van der Waals surface area (Å²) in [6.45, 7) is 0. The molecular formula is C15H11ClN2O. The van der Waals surface area contributed by atoms with Crippen molar-refractivity contribution in [3.05, 3.63) is 59.6 Å². The van der Waals surface area contributed by atoms with Crippen LogP contribution >= 0.6 is 11.6 Å². The van der Waals surface area contributed by atoms with Crippen LogP contribution in [-0.2, 0) is 0 Å². The first-order valence-electron chi connectivity index (χ1n) is 5.83. The molecule has 19 heavy (non-hydrogen) atoms. The van der Waals surface area contributed by atoms with Crippen molar-refractivity contribution in [1.29, 1.82) is 0 Å². The van der Waals surface area contributed by atoms with Crippen molar-refractivity contribution < 1.29 is 5.11 Å². The Bertz CT molecular complexity index is 704. The number of aromatic hydroxyl groups is 1. The third kappa shape index (κ3) is 2.46. The van der Waals surface area contributed by atoms with Crippen LogP contribution in [0.2, 0.25) is 5.02 Å². The lowest BCUT2D eigenvalue weighted by Crippen LogP contribution is -1.77. The molecule has 0 saturated carbocycles. The molecule has 1 heterocycles. The van der Waals surface area contributed by atoms with Gasteiger partial charge in [0.15, 0.2) is 0 Å². The van der Waals surface area contributed by atoms with E-state index in [2.05, 4.69) is 10.2 Å². The molecular weight excluding hydrogens is 260 g/mol. The smallest absolute Gasteiger partial charge is 0.116 e. The molecule has 3 aromatic rings. The van der Waals surface area contributed by atoms with Gasteiger partial charge in [0.25, 0.3) is 0 Å². The van der Waals surface area contributed by atoms with E-state index in [4.69, 9.17) is 11.6 Å². The summed E-state index contributed by atoms with van der Waals surface area (Å²) >= 11 is 5.86. The zero-order valence-corrected chi connectivity index (χ0v) is 10.7. The molecule has 0 bridgehead atoms. The third-order valence-corrected chi connectivity index (χ3v) is 3.13. The molecule has 4 heteroatoms. The highest BCUT2D eigenvalue weighted by Gasteiger charge is 2.06. The quantitative estimate of drug-likeness (QED) is 0.736. The second-order valence-electron chi connectivity index (χ2n) is 4.22. The van der Waals surface area contributed by atoms with Crippen LogP contribution in [0.4, 0.5) is 0 Å². The Morgan fingerprint density at radius 2 is 1.74 bits per heavy atom. The van der Waals surface area contributed by atoms with Gasteiger partial charge in [-0.15, -0.1) is 0 Å². The van der Waals surface area contributed by atoms with Crippen LogP contribution < -0.4 is 0 Å². The van der Waals surface area contributed by atoms with Gasteiger partial charge in [0.1, 0.15) is 5.75 Å². The summed E-state index contributed by atoms with van der Waals surface area (Å²) in [4.78, 5) is 0. The fraction of sp³-hybridized carbons (Fsp3) is 0. The first kappa shape index (κ1) is 11.8. The van der Waals surface area contributed by atoms with E-state index in [0.717, 1.165) is 22.5 Å². The van der Waals surface area contributed by atoms with E-state index >= 15 is 0 Å². The van der Waals surface area contributed by atoms with E-state index in [1.807, 2.05) is 36.4 Å². The average molecular weight is 271 g/mol. The SMILES string of the molecule is Oc1cccc(-c2cc(-c3ccc(Cl)cc3)n[nH]2)c1. The molecule has 2 N–H and O–H groups in total. The summed E-state index contributed by atoms with van der Waals surface area (Å²) in [5, 5.41) is 17.4. The van der Waals surface area contributed by atoms with Gasteiger partial charge in [0.2, 0.25) is 0 Å². The third-order valence-electron chi connectivity index (χ3n) is 2.88. The lowest BCUT2D eigenvalue weighted by Gasteiger charge is -1.97. The summed E-state index contributed by atoms with van der Waals surface area (Å²) in [5.74, 6) is 0.236. The molecule has 0 saturated heterocycles. The number of rotatable bonds is 2. The Hall–Kier alpha value is -2.26. The van der Waals surface area contributed by atoms with E-state index in [0.29, 0.717) is 5.02 Å². The van der Waals surface area contributed by atoms with Gasteiger partial charge in [-0.05, 0) is 30.3 Å². The lowest BCUT2D eigenvalue weighted by molar-refractivity contribution is 0.475. The maximum atomic E-state index is 9.48. The Labute approximate surface area is 115 Å². The highest BCUT2D eigenvalue weighted by atomic mass is 35.5. The van der Waals surface area contributed by atoms with Crippen LogP contribution in [0.5, 0.6) is 5.75 Å². The number of nitrogens with one attached hydrogen (secondary N) is 1. The van der Waals surface area contributed by atoms with Gasteiger partial charge in [-0.2, -0.15) is 5.10 Å². The molecule has 0 atom stereocenters. The van der Waals surface area contributed by atoms with Crippen molar-refractivity contribution in [2.24, 2.45) is 0 Å². The minimum Gasteiger partial charge on any atom is -0.508 e. The van der Waals surface area contributed by atoms with E-state index in [-0.39, 0.29) is 5.75 Å². The van der Waals surface area contributed by atoms with Crippen LogP contribution in [0.15, 0.2) is 54.6 Å².